The second-order valence-corrected chi connectivity index (χ2v) is 12.2. The molecular weight excluding hydrogens is 456 g/mol. The Balaban J connectivity index is 2.10. The highest BCUT2D eigenvalue weighted by Crippen LogP contribution is 2.22. The van der Waals surface area contributed by atoms with Crippen LogP contribution in [-0.2, 0) is 20.0 Å². The fourth-order valence-electron chi connectivity index (χ4n) is 3.27. The van der Waals surface area contributed by atoms with Gasteiger partial charge in [-0.1, -0.05) is 45.0 Å². The number of carbonyl (C=O) groups excluding carboxylic acids is 2. The predicted molar refractivity (Wildman–Crippen MR) is 136 cm³/mol. The van der Waals surface area contributed by atoms with Gasteiger partial charge in [-0.15, -0.1) is 0 Å². The quantitative estimate of drug-likeness (QED) is 0.552. The summed E-state index contributed by atoms with van der Waals surface area (Å²) in [6, 6.07) is 12.9. The number of nitrogens with one attached hydrogen (secondary N) is 2. The molecule has 0 fully saturated rings. The average Bonchev–Trinajstić information content (AvgIpc) is 2.75. The third-order valence-corrected chi connectivity index (χ3v) is 7.19. The van der Waals surface area contributed by atoms with Crippen LogP contribution in [0.2, 0.25) is 0 Å². The van der Waals surface area contributed by atoms with Crippen LogP contribution in [0.4, 0.5) is 0 Å². The molecule has 0 aromatic heterocycles. The molecule has 2 aromatic rings. The van der Waals surface area contributed by atoms with Gasteiger partial charge in [0.05, 0.1) is 10.9 Å². The van der Waals surface area contributed by atoms with E-state index in [0.29, 0.717) is 12.0 Å². The van der Waals surface area contributed by atoms with E-state index in [1.807, 2.05) is 25.3 Å². The van der Waals surface area contributed by atoms with Gasteiger partial charge in [0, 0.05) is 11.8 Å². The smallest absolute Gasteiger partial charge is 0.251 e. The summed E-state index contributed by atoms with van der Waals surface area (Å²) in [6.45, 7) is 8.16. The normalized spacial score (nSPS) is 13.8. The first kappa shape index (κ1) is 26.9. The lowest BCUT2D eigenvalue weighted by molar-refractivity contribution is -0.123. The second kappa shape index (κ2) is 11.2. The number of benzene rings is 2. The van der Waals surface area contributed by atoms with Gasteiger partial charge >= 0.3 is 0 Å². The van der Waals surface area contributed by atoms with Crippen LogP contribution in [0.25, 0.3) is 0 Å². The molecule has 0 bridgehead atoms. The molecule has 180 valence electrons. The van der Waals surface area contributed by atoms with E-state index in [9.17, 15) is 18.0 Å². The Hall–Kier alpha value is -2.32. The van der Waals surface area contributed by atoms with Crippen LogP contribution in [-0.4, -0.2) is 44.5 Å². The standard InChI is InChI=1S/C25H34N2O4S2/c1-17(18-9-13-21(14-10-18)33(6,30)31)26-24(29)22(15-16-32-5)27-23(28)19-7-11-20(12-8-19)25(2,3)4/h7-14,17,22H,15-16H2,1-6H3,(H,26,29)(H,27,28)/t17-,22-/m0/s1. The fourth-order valence-corrected chi connectivity index (χ4v) is 4.37. The highest BCUT2D eigenvalue weighted by atomic mass is 32.2. The van der Waals surface area contributed by atoms with Crippen LogP contribution < -0.4 is 10.6 Å². The summed E-state index contributed by atoms with van der Waals surface area (Å²) in [5.41, 5.74) is 2.41. The van der Waals surface area contributed by atoms with Crippen LogP contribution in [0.1, 0.15) is 61.6 Å². The SMILES string of the molecule is CSCC[C@H](NC(=O)c1ccc(C(C)(C)C)cc1)C(=O)N[C@@H](C)c1ccc(S(C)(=O)=O)cc1. The molecule has 8 heteroatoms. The summed E-state index contributed by atoms with van der Waals surface area (Å²) in [7, 11) is -3.28. The van der Waals surface area contributed by atoms with E-state index in [-0.39, 0.29) is 28.2 Å². The van der Waals surface area contributed by atoms with Crippen molar-refractivity contribution in [1.29, 1.82) is 0 Å². The average molecular weight is 491 g/mol. The Morgan fingerprint density at radius 2 is 1.55 bits per heavy atom. The monoisotopic (exact) mass is 490 g/mol. The number of thioether (sulfide) groups is 1. The Kier molecular flexibility index (Phi) is 9.14. The van der Waals surface area contributed by atoms with Gasteiger partial charge in [-0.2, -0.15) is 11.8 Å². The van der Waals surface area contributed by atoms with E-state index in [1.165, 1.54) is 12.1 Å². The molecule has 2 aromatic carbocycles. The minimum Gasteiger partial charge on any atom is -0.348 e. The number of amides is 2. The zero-order chi connectivity index (χ0) is 24.8. The first-order valence-corrected chi connectivity index (χ1v) is 14.1. The van der Waals surface area contributed by atoms with Crippen LogP contribution in [0, 0.1) is 0 Å². The van der Waals surface area contributed by atoms with Gasteiger partial charge in [-0.3, -0.25) is 9.59 Å². The topological polar surface area (TPSA) is 92.3 Å². The summed E-state index contributed by atoms with van der Waals surface area (Å²) in [5, 5.41) is 5.81. The van der Waals surface area contributed by atoms with Crippen LogP contribution in [0.3, 0.4) is 0 Å². The van der Waals surface area contributed by atoms with Crippen molar-refractivity contribution in [2.24, 2.45) is 0 Å². The lowest BCUT2D eigenvalue weighted by Gasteiger charge is -2.22. The van der Waals surface area contributed by atoms with Crippen molar-refractivity contribution in [2.75, 3.05) is 18.3 Å². The largest absolute Gasteiger partial charge is 0.348 e. The van der Waals surface area contributed by atoms with Gasteiger partial charge < -0.3 is 10.6 Å². The molecule has 2 amide bonds. The number of carbonyl (C=O) groups is 2. The maximum Gasteiger partial charge on any atom is 0.251 e. The first-order valence-electron chi connectivity index (χ1n) is 10.8. The van der Waals surface area contributed by atoms with Crippen molar-refractivity contribution in [3.63, 3.8) is 0 Å². The molecule has 0 aliphatic heterocycles. The zero-order valence-electron chi connectivity index (χ0n) is 20.1. The molecule has 2 atom stereocenters. The Morgan fingerprint density at radius 1 is 0.970 bits per heavy atom. The van der Waals surface area contributed by atoms with Crippen LogP contribution in [0.5, 0.6) is 0 Å². The minimum absolute atomic E-state index is 0.00850. The number of hydrogen-bond donors (Lipinski definition) is 2. The Bertz CT molecular complexity index is 1060. The summed E-state index contributed by atoms with van der Waals surface area (Å²) in [5.74, 6) is 0.156. The van der Waals surface area contributed by atoms with Crippen LogP contribution >= 0.6 is 11.8 Å². The lowest BCUT2D eigenvalue weighted by atomic mass is 9.86. The second-order valence-electron chi connectivity index (χ2n) is 9.21. The molecule has 0 saturated heterocycles. The van der Waals surface area contributed by atoms with Crippen molar-refractivity contribution in [3.8, 4) is 0 Å². The van der Waals surface area contributed by atoms with Crippen molar-refractivity contribution >= 4 is 33.4 Å². The molecule has 0 aliphatic carbocycles. The summed E-state index contributed by atoms with van der Waals surface area (Å²) in [4.78, 5) is 26.0. The molecule has 0 aliphatic rings. The van der Waals surface area contributed by atoms with Gasteiger partial charge in [0.2, 0.25) is 5.91 Å². The van der Waals surface area contributed by atoms with E-state index in [0.717, 1.165) is 23.1 Å². The zero-order valence-corrected chi connectivity index (χ0v) is 21.8. The van der Waals surface area contributed by atoms with Gasteiger partial charge in [-0.05, 0) is 66.2 Å². The van der Waals surface area contributed by atoms with E-state index >= 15 is 0 Å². The molecule has 0 spiro atoms. The van der Waals surface area contributed by atoms with Gasteiger partial charge in [0.25, 0.3) is 5.91 Å². The van der Waals surface area contributed by atoms with E-state index in [4.69, 9.17) is 0 Å². The van der Waals surface area contributed by atoms with Crippen molar-refractivity contribution in [1.82, 2.24) is 10.6 Å². The maximum absolute atomic E-state index is 13.0. The van der Waals surface area contributed by atoms with Crippen LogP contribution in [0.15, 0.2) is 53.4 Å². The minimum atomic E-state index is -3.28. The highest BCUT2D eigenvalue weighted by Gasteiger charge is 2.23. The molecule has 6 nitrogen and oxygen atoms in total. The van der Waals surface area contributed by atoms with Gasteiger partial charge in [0.1, 0.15) is 6.04 Å². The molecule has 2 rings (SSSR count). The Labute approximate surface area is 201 Å². The van der Waals surface area contributed by atoms with Gasteiger partial charge in [0.15, 0.2) is 9.84 Å². The number of rotatable bonds is 9. The van der Waals surface area contributed by atoms with E-state index in [1.54, 1.807) is 36.0 Å². The van der Waals surface area contributed by atoms with Crippen molar-refractivity contribution < 1.29 is 18.0 Å². The van der Waals surface area contributed by atoms with E-state index < -0.39 is 15.9 Å². The molecular formula is C25H34N2O4S2. The third-order valence-electron chi connectivity index (χ3n) is 5.41. The molecule has 0 unspecified atom stereocenters. The first-order chi connectivity index (χ1) is 15.3. The highest BCUT2D eigenvalue weighted by molar-refractivity contribution is 7.98. The Morgan fingerprint density at radius 3 is 2.03 bits per heavy atom. The number of sulfone groups is 1. The summed E-state index contributed by atoms with van der Waals surface area (Å²) >= 11 is 1.61. The third kappa shape index (κ3) is 7.89. The summed E-state index contributed by atoms with van der Waals surface area (Å²) < 4.78 is 23.3. The van der Waals surface area contributed by atoms with E-state index in [2.05, 4.69) is 31.4 Å². The lowest BCUT2D eigenvalue weighted by Crippen LogP contribution is -2.47. The van der Waals surface area contributed by atoms with Crippen molar-refractivity contribution in [2.45, 2.75) is 56.5 Å². The molecule has 2 N–H and O–H groups in total. The fraction of sp³-hybridized carbons (Fsp3) is 0.440. The van der Waals surface area contributed by atoms with Crippen molar-refractivity contribution in [3.05, 3.63) is 65.2 Å². The maximum atomic E-state index is 13.0. The molecule has 0 saturated carbocycles. The summed E-state index contributed by atoms with van der Waals surface area (Å²) in [6.07, 6.45) is 3.61. The molecule has 0 heterocycles. The number of hydrogen-bond acceptors (Lipinski definition) is 5. The molecule has 33 heavy (non-hydrogen) atoms. The predicted octanol–water partition coefficient (Wildman–Crippen LogP) is 4.12. The van der Waals surface area contributed by atoms with Gasteiger partial charge in [-0.25, -0.2) is 8.42 Å². The molecule has 0 radical (unpaired) electrons.